The van der Waals surface area contributed by atoms with E-state index in [9.17, 15) is 9.90 Å². The third kappa shape index (κ3) is 5.61. The van der Waals surface area contributed by atoms with Crippen LogP contribution in [-0.4, -0.2) is 52.3 Å². The fourth-order valence-corrected chi connectivity index (χ4v) is 5.61. The Bertz CT molecular complexity index is 1140. The van der Waals surface area contributed by atoms with Crippen LogP contribution in [0.5, 0.6) is 0 Å². The van der Waals surface area contributed by atoms with Crippen molar-refractivity contribution in [1.82, 2.24) is 20.4 Å². The van der Waals surface area contributed by atoms with Crippen LogP contribution < -0.4 is 5.32 Å². The van der Waals surface area contributed by atoms with Gasteiger partial charge in [0.25, 0.3) is 5.91 Å². The van der Waals surface area contributed by atoms with Gasteiger partial charge in [0.2, 0.25) is 0 Å². The Labute approximate surface area is 216 Å². The molecule has 9 heteroatoms. The summed E-state index contributed by atoms with van der Waals surface area (Å²) in [7, 11) is 0. The number of nitrogens with zero attached hydrogens (tertiary/aromatic N) is 2. The zero-order chi connectivity index (χ0) is 22.0. The molecule has 0 unspecified atom stereocenters. The van der Waals surface area contributed by atoms with Crippen LogP contribution in [0.25, 0.3) is 17.0 Å². The minimum absolute atomic E-state index is 0. The molecule has 3 heterocycles. The van der Waals surface area contributed by atoms with Crippen molar-refractivity contribution < 1.29 is 9.90 Å². The van der Waals surface area contributed by atoms with Crippen LogP contribution in [0.3, 0.4) is 0 Å². The van der Waals surface area contributed by atoms with E-state index in [1.807, 2.05) is 54.6 Å². The minimum atomic E-state index is -0.699. The predicted molar refractivity (Wildman–Crippen MR) is 143 cm³/mol. The highest BCUT2D eigenvalue weighted by atomic mass is 35.5. The Morgan fingerprint density at radius 2 is 1.85 bits per heavy atom. The average Bonchev–Trinajstić information content (AvgIpc) is 3.25. The van der Waals surface area contributed by atoms with Crippen molar-refractivity contribution in [3.05, 3.63) is 64.7 Å². The molecule has 182 valence electrons. The van der Waals surface area contributed by atoms with Crippen LogP contribution in [0.2, 0.25) is 0 Å². The smallest absolute Gasteiger partial charge is 0.258 e. The highest BCUT2D eigenvalue weighted by Crippen LogP contribution is 2.39. The number of likely N-dealkylation sites (tertiary alicyclic amines) is 1. The lowest BCUT2D eigenvalue weighted by Gasteiger charge is -2.38. The van der Waals surface area contributed by atoms with Crippen molar-refractivity contribution in [2.24, 2.45) is 0 Å². The number of halogens is 2. The molecular weight excluding hydrogens is 491 g/mol. The van der Waals surface area contributed by atoms with Gasteiger partial charge in [-0.15, -0.1) is 24.8 Å². The number of aromatic amines is 1. The van der Waals surface area contributed by atoms with Crippen molar-refractivity contribution in [3.63, 3.8) is 0 Å². The number of hydrogen-bond donors (Lipinski definition) is 3. The number of nitrogens with one attached hydrogen (secondary N) is 2. The lowest BCUT2D eigenvalue weighted by Crippen LogP contribution is -2.43. The second kappa shape index (κ2) is 11.6. The number of hydrogen-bond acceptors (Lipinski definition) is 5. The number of carbonyl (C=O) groups excluding carboxylic acids is 1. The Morgan fingerprint density at radius 3 is 2.62 bits per heavy atom. The number of benzene rings is 2. The summed E-state index contributed by atoms with van der Waals surface area (Å²) in [6.07, 6.45) is 5.36. The first-order valence-corrected chi connectivity index (χ1v) is 12.1. The third-order valence-corrected chi connectivity index (χ3v) is 7.56. The Balaban J connectivity index is 0.00000162. The first-order valence-electron chi connectivity index (χ1n) is 11.3. The maximum absolute atomic E-state index is 12.6. The van der Waals surface area contributed by atoms with E-state index in [0.717, 1.165) is 72.4 Å². The summed E-state index contributed by atoms with van der Waals surface area (Å²) in [5.41, 5.74) is 2.16. The van der Waals surface area contributed by atoms with Crippen LogP contribution in [0.15, 0.2) is 58.3 Å². The Morgan fingerprint density at radius 1 is 1.09 bits per heavy atom. The third-order valence-electron chi connectivity index (χ3n) is 6.47. The quantitative estimate of drug-likeness (QED) is 0.392. The number of piperidine rings is 1. The first kappa shape index (κ1) is 26.6. The summed E-state index contributed by atoms with van der Waals surface area (Å²) in [5, 5.41) is 22.5. The molecule has 0 spiro atoms. The monoisotopic (exact) mass is 520 g/mol. The second-order valence-corrected chi connectivity index (χ2v) is 9.68. The molecule has 0 bridgehead atoms. The molecule has 34 heavy (non-hydrogen) atoms. The summed E-state index contributed by atoms with van der Waals surface area (Å²) in [4.78, 5) is 16.8. The molecule has 0 saturated carbocycles. The maximum Gasteiger partial charge on any atom is 0.258 e. The standard InChI is InChI=1S/C25H28N4O2S.2ClH/c30-24(22-17-20-23-19(27-28-20)9-6-10-21(23)32-22)26-13-4-5-14-29-15-11-25(31,12-16-29)18-7-2-1-3-8-18;;/h1-3,6-10,17,31H,4-5,11-16H2,(H,26,30)(H,27,28);2*1H. The van der Waals surface area contributed by atoms with Crippen molar-refractivity contribution in [2.75, 3.05) is 26.2 Å². The van der Waals surface area contributed by atoms with E-state index in [2.05, 4.69) is 20.4 Å². The van der Waals surface area contributed by atoms with E-state index in [4.69, 9.17) is 0 Å². The molecule has 3 aromatic rings. The van der Waals surface area contributed by atoms with Crippen molar-refractivity contribution in [3.8, 4) is 0 Å². The van der Waals surface area contributed by atoms with Crippen LogP contribution in [-0.2, 0) is 10.4 Å². The van der Waals surface area contributed by atoms with Gasteiger partial charge >= 0.3 is 0 Å². The summed E-state index contributed by atoms with van der Waals surface area (Å²) in [5.74, 6) is -0.0356. The lowest BCUT2D eigenvalue weighted by molar-refractivity contribution is -0.116. The zero-order valence-electron chi connectivity index (χ0n) is 18.8. The largest absolute Gasteiger partial charge is 0.385 e. The van der Waals surface area contributed by atoms with Gasteiger partial charge in [0.05, 0.1) is 21.7 Å². The summed E-state index contributed by atoms with van der Waals surface area (Å²) < 4.78 is 0. The Kier molecular flexibility index (Phi) is 9.07. The van der Waals surface area contributed by atoms with E-state index in [1.165, 1.54) is 11.8 Å². The molecule has 1 fully saturated rings. The summed E-state index contributed by atoms with van der Waals surface area (Å²) >= 11 is 1.50. The van der Waals surface area contributed by atoms with E-state index >= 15 is 0 Å². The maximum atomic E-state index is 12.6. The molecule has 5 rings (SSSR count). The van der Waals surface area contributed by atoms with Crippen LogP contribution in [0.1, 0.15) is 36.9 Å². The van der Waals surface area contributed by atoms with Crippen LogP contribution >= 0.6 is 36.6 Å². The summed E-state index contributed by atoms with van der Waals surface area (Å²) in [6, 6.07) is 16.0. The van der Waals surface area contributed by atoms with Gasteiger partial charge in [0, 0.05) is 29.9 Å². The highest BCUT2D eigenvalue weighted by Gasteiger charge is 2.33. The molecule has 0 radical (unpaired) electrons. The van der Waals surface area contributed by atoms with Gasteiger partial charge in [-0.2, -0.15) is 5.10 Å². The molecule has 1 aromatic heterocycles. The van der Waals surface area contributed by atoms with E-state index in [-0.39, 0.29) is 30.7 Å². The van der Waals surface area contributed by atoms with E-state index < -0.39 is 5.60 Å². The van der Waals surface area contributed by atoms with Gasteiger partial charge in [0.15, 0.2) is 0 Å². The van der Waals surface area contributed by atoms with Gasteiger partial charge in [-0.25, -0.2) is 0 Å². The normalized spacial score (nSPS) is 16.8. The molecule has 0 aliphatic carbocycles. The highest BCUT2D eigenvalue weighted by molar-refractivity contribution is 8.04. The molecule has 3 N–H and O–H groups in total. The van der Waals surface area contributed by atoms with Crippen molar-refractivity contribution >= 4 is 59.5 Å². The average molecular weight is 522 g/mol. The molecule has 0 atom stereocenters. The van der Waals surface area contributed by atoms with Gasteiger partial charge in [-0.05, 0) is 56.0 Å². The second-order valence-electron chi connectivity index (χ2n) is 8.60. The Hall–Kier alpha value is -2.03. The van der Waals surface area contributed by atoms with Crippen molar-refractivity contribution in [2.45, 2.75) is 36.2 Å². The number of thioether (sulfide) groups is 1. The van der Waals surface area contributed by atoms with Gasteiger partial charge in [0.1, 0.15) is 0 Å². The number of unbranched alkanes of at least 4 members (excludes halogenated alkanes) is 1. The number of carbonyl (C=O) groups is 1. The van der Waals surface area contributed by atoms with E-state index in [1.54, 1.807) is 0 Å². The number of H-pyrrole nitrogens is 1. The SMILES string of the molecule is Cl.Cl.O=C(NCCCCN1CCC(O)(c2ccccc2)CC1)C1=Cc2n[nH]c3cccc(c23)S1. The van der Waals surface area contributed by atoms with Gasteiger partial charge in [-0.3, -0.25) is 9.89 Å². The molecule has 6 nitrogen and oxygen atoms in total. The van der Waals surface area contributed by atoms with Crippen LogP contribution in [0, 0.1) is 0 Å². The zero-order valence-corrected chi connectivity index (χ0v) is 21.3. The first-order chi connectivity index (χ1) is 15.6. The minimum Gasteiger partial charge on any atom is -0.385 e. The number of rotatable bonds is 7. The topological polar surface area (TPSA) is 81.2 Å². The number of aromatic nitrogens is 2. The molecule has 1 amide bonds. The number of amides is 1. The lowest BCUT2D eigenvalue weighted by atomic mass is 9.84. The van der Waals surface area contributed by atoms with Gasteiger partial charge < -0.3 is 15.3 Å². The van der Waals surface area contributed by atoms with Gasteiger partial charge in [-0.1, -0.05) is 48.2 Å². The fraction of sp³-hybridized carbons (Fsp3) is 0.360. The molecule has 2 aliphatic rings. The van der Waals surface area contributed by atoms with Crippen LogP contribution in [0.4, 0.5) is 0 Å². The fourth-order valence-electron chi connectivity index (χ4n) is 4.57. The molecule has 1 saturated heterocycles. The van der Waals surface area contributed by atoms with E-state index in [0.29, 0.717) is 11.4 Å². The predicted octanol–water partition coefficient (Wildman–Crippen LogP) is 4.73. The summed E-state index contributed by atoms with van der Waals surface area (Å²) in [6.45, 7) is 3.46. The molecular formula is C25H30Cl2N4O2S. The van der Waals surface area contributed by atoms with Crippen molar-refractivity contribution in [1.29, 1.82) is 0 Å². The number of aliphatic hydroxyl groups is 1. The molecule has 2 aliphatic heterocycles. The molecule has 2 aromatic carbocycles.